The van der Waals surface area contributed by atoms with Gasteiger partial charge in [0.1, 0.15) is 0 Å². The zero-order valence-corrected chi connectivity index (χ0v) is 12.7. The summed E-state index contributed by atoms with van der Waals surface area (Å²) in [6.45, 7) is 2.05. The third kappa shape index (κ3) is 3.28. The van der Waals surface area contributed by atoms with E-state index in [0.29, 0.717) is 10.6 Å². The van der Waals surface area contributed by atoms with Crippen LogP contribution in [-0.4, -0.2) is 0 Å². The summed E-state index contributed by atoms with van der Waals surface area (Å²) >= 11 is 9.67. The van der Waals surface area contributed by atoms with Crippen molar-refractivity contribution in [2.24, 2.45) is 0 Å². The van der Waals surface area contributed by atoms with Crippen molar-refractivity contribution >= 4 is 33.2 Å². The maximum absolute atomic E-state index is 8.92. The summed E-state index contributed by atoms with van der Waals surface area (Å²) in [7, 11) is 0. The van der Waals surface area contributed by atoms with E-state index in [4.69, 9.17) is 16.9 Å². The second-order valence-electron chi connectivity index (χ2n) is 4.19. The van der Waals surface area contributed by atoms with Crippen LogP contribution in [0.15, 0.2) is 46.9 Å². The number of anilines is 1. The molecule has 96 valence electrons. The largest absolute Gasteiger partial charge is 0.377 e. The first-order chi connectivity index (χ1) is 9.11. The molecule has 0 spiro atoms. The second-order valence-corrected chi connectivity index (χ2v) is 5.46. The van der Waals surface area contributed by atoms with Crippen molar-refractivity contribution in [3.8, 4) is 6.07 Å². The number of nitrogens with one attached hydrogen (secondary N) is 1. The molecule has 0 amide bonds. The van der Waals surface area contributed by atoms with Gasteiger partial charge in [0.2, 0.25) is 0 Å². The molecule has 1 N–H and O–H groups in total. The predicted molar refractivity (Wildman–Crippen MR) is 82.3 cm³/mol. The third-order valence-electron chi connectivity index (χ3n) is 2.84. The van der Waals surface area contributed by atoms with Gasteiger partial charge in [-0.3, -0.25) is 0 Å². The highest BCUT2D eigenvalue weighted by Crippen LogP contribution is 2.30. The van der Waals surface area contributed by atoms with Gasteiger partial charge >= 0.3 is 0 Å². The van der Waals surface area contributed by atoms with E-state index < -0.39 is 0 Å². The minimum Gasteiger partial charge on any atom is -0.377 e. The van der Waals surface area contributed by atoms with E-state index >= 15 is 0 Å². The minimum atomic E-state index is 0.0852. The van der Waals surface area contributed by atoms with Crippen molar-refractivity contribution in [2.75, 3.05) is 5.32 Å². The Bertz CT molecular complexity index is 634. The molecule has 0 saturated carbocycles. The number of halogens is 2. The number of nitriles is 1. The molecule has 1 unspecified atom stereocenters. The van der Waals surface area contributed by atoms with Gasteiger partial charge in [-0.25, -0.2) is 0 Å². The average molecular weight is 336 g/mol. The van der Waals surface area contributed by atoms with Crippen molar-refractivity contribution in [3.05, 3.63) is 63.1 Å². The van der Waals surface area contributed by atoms with Crippen LogP contribution in [-0.2, 0) is 0 Å². The summed E-state index contributed by atoms with van der Waals surface area (Å²) in [6.07, 6.45) is 0. The van der Waals surface area contributed by atoms with Crippen LogP contribution in [0.25, 0.3) is 0 Å². The summed E-state index contributed by atoms with van der Waals surface area (Å²) < 4.78 is 1.04. The van der Waals surface area contributed by atoms with Crippen LogP contribution in [0, 0.1) is 11.3 Å². The van der Waals surface area contributed by atoms with E-state index in [1.54, 1.807) is 18.2 Å². The average Bonchev–Trinajstić information content (AvgIpc) is 2.41. The number of benzene rings is 2. The number of hydrogen-bond donors (Lipinski definition) is 1. The summed E-state index contributed by atoms with van der Waals surface area (Å²) in [4.78, 5) is 0. The van der Waals surface area contributed by atoms with Gasteiger partial charge in [-0.05, 0) is 36.8 Å². The summed E-state index contributed by atoms with van der Waals surface area (Å²) in [5, 5.41) is 12.9. The van der Waals surface area contributed by atoms with Crippen LogP contribution in [0.4, 0.5) is 5.69 Å². The summed E-state index contributed by atoms with van der Waals surface area (Å²) in [5.41, 5.74) is 2.50. The number of rotatable bonds is 3. The predicted octanol–water partition coefficient (Wildman–Crippen LogP) is 5.15. The van der Waals surface area contributed by atoms with E-state index in [0.717, 1.165) is 15.7 Å². The highest BCUT2D eigenvalue weighted by atomic mass is 79.9. The van der Waals surface area contributed by atoms with Gasteiger partial charge in [-0.15, -0.1) is 0 Å². The first kappa shape index (κ1) is 13.9. The molecule has 0 aliphatic rings. The lowest BCUT2D eigenvalue weighted by molar-refractivity contribution is 0.879. The fraction of sp³-hybridized carbons (Fsp3) is 0.133. The topological polar surface area (TPSA) is 35.8 Å². The maximum Gasteiger partial charge on any atom is 0.0992 e. The van der Waals surface area contributed by atoms with Crippen LogP contribution in [0.5, 0.6) is 0 Å². The Morgan fingerprint density at radius 1 is 1.26 bits per heavy atom. The number of hydrogen-bond acceptors (Lipinski definition) is 2. The van der Waals surface area contributed by atoms with Gasteiger partial charge in [0.05, 0.1) is 22.3 Å². The van der Waals surface area contributed by atoms with Gasteiger partial charge in [0.25, 0.3) is 0 Å². The van der Waals surface area contributed by atoms with Crippen molar-refractivity contribution in [2.45, 2.75) is 13.0 Å². The standard InChI is InChI=1S/C15H12BrClN2/c1-10(12-4-2-3-5-13(12)16)19-15-8-11(9-18)6-7-14(15)17/h2-8,10,19H,1H3. The monoisotopic (exact) mass is 334 g/mol. The molecule has 0 fully saturated rings. The first-order valence-corrected chi connectivity index (χ1v) is 6.99. The zero-order chi connectivity index (χ0) is 13.8. The molecular formula is C15H12BrClN2. The maximum atomic E-state index is 8.92. The SMILES string of the molecule is CC(Nc1cc(C#N)ccc1Cl)c1ccccc1Br. The summed E-state index contributed by atoms with van der Waals surface area (Å²) in [5.74, 6) is 0. The Labute approximate surface area is 126 Å². The smallest absolute Gasteiger partial charge is 0.0992 e. The highest BCUT2D eigenvalue weighted by Gasteiger charge is 2.10. The molecule has 19 heavy (non-hydrogen) atoms. The Morgan fingerprint density at radius 3 is 2.68 bits per heavy atom. The Balaban J connectivity index is 2.27. The van der Waals surface area contributed by atoms with Crippen LogP contribution in [0.3, 0.4) is 0 Å². The van der Waals surface area contributed by atoms with Gasteiger partial charge < -0.3 is 5.32 Å². The van der Waals surface area contributed by atoms with E-state index in [1.807, 2.05) is 24.3 Å². The lowest BCUT2D eigenvalue weighted by atomic mass is 10.1. The molecule has 0 radical (unpaired) electrons. The van der Waals surface area contributed by atoms with Crippen molar-refractivity contribution in [3.63, 3.8) is 0 Å². The fourth-order valence-electron chi connectivity index (χ4n) is 1.84. The third-order valence-corrected chi connectivity index (χ3v) is 3.89. The van der Waals surface area contributed by atoms with Gasteiger partial charge in [0, 0.05) is 10.5 Å². The molecule has 0 aliphatic heterocycles. The van der Waals surface area contributed by atoms with Crippen molar-refractivity contribution in [1.82, 2.24) is 0 Å². The molecule has 1 atom stereocenters. The molecule has 0 aliphatic carbocycles. The van der Waals surface area contributed by atoms with E-state index in [2.05, 4.69) is 34.2 Å². The van der Waals surface area contributed by atoms with Gasteiger partial charge in [-0.1, -0.05) is 45.7 Å². The Morgan fingerprint density at radius 2 is 2.00 bits per heavy atom. The normalized spacial score (nSPS) is 11.7. The van der Waals surface area contributed by atoms with Crippen molar-refractivity contribution < 1.29 is 0 Å². The molecule has 2 aromatic rings. The van der Waals surface area contributed by atoms with Crippen LogP contribution in [0.2, 0.25) is 5.02 Å². The molecule has 2 nitrogen and oxygen atoms in total. The molecule has 4 heteroatoms. The highest BCUT2D eigenvalue weighted by molar-refractivity contribution is 9.10. The van der Waals surface area contributed by atoms with Crippen LogP contribution < -0.4 is 5.32 Å². The molecule has 0 saturated heterocycles. The lowest BCUT2D eigenvalue weighted by Gasteiger charge is -2.18. The van der Waals surface area contributed by atoms with Crippen LogP contribution in [0.1, 0.15) is 24.1 Å². The Kier molecular flexibility index (Phi) is 4.47. The molecule has 0 bridgehead atoms. The molecule has 0 heterocycles. The van der Waals surface area contributed by atoms with Crippen LogP contribution >= 0.6 is 27.5 Å². The minimum absolute atomic E-state index is 0.0852. The molecular weight excluding hydrogens is 324 g/mol. The summed E-state index contributed by atoms with van der Waals surface area (Å²) in [6, 6.07) is 15.4. The van der Waals surface area contributed by atoms with Gasteiger partial charge in [-0.2, -0.15) is 5.26 Å². The van der Waals surface area contributed by atoms with Crippen molar-refractivity contribution in [1.29, 1.82) is 5.26 Å². The number of nitrogens with zero attached hydrogens (tertiary/aromatic N) is 1. The van der Waals surface area contributed by atoms with Gasteiger partial charge in [0.15, 0.2) is 0 Å². The quantitative estimate of drug-likeness (QED) is 0.842. The van der Waals surface area contributed by atoms with E-state index in [1.165, 1.54) is 0 Å². The Hall–Kier alpha value is -1.50. The second kappa shape index (κ2) is 6.10. The zero-order valence-electron chi connectivity index (χ0n) is 10.3. The van der Waals surface area contributed by atoms with E-state index in [9.17, 15) is 0 Å². The van der Waals surface area contributed by atoms with E-state index in [-0.39, 0.29) is 6.04 Å². The lowest BCUT2D eigenvalue weighted by Crippen LogP contribution is -2.07. The molecule has 0 aromatic heterocycles. The first-order valence-electron chi connectivity index (χ1n) is 5.82. The molecule has 2 aromatic carbocycles. The fourth-order valence-corrected chi connectivity index (χ4v) is 2.64. The molecule has 2 rings (SSSR count).